The Bertz CT molecular complexity index is 1560. The average Bonchev–Trinajstić information content (AvgIpc) is 3.77. The predicted molar refractivity (Wildman–Crippen MR) is 166 cm³/mol. The van der Waals surface area contributed by atoms with Gasteiger partial charge < -0.3 is 20.8 Å². The monoisotopic (exact) mass is 604 g/mol. The lowest BCUT2D eigenvalue weighted by Gasteiger charge is -2.10. The summed E-state index contributed by atoms with van der Waals surface area (Å²) < 4.78 is 0. The summed E-state index contributed by atoms with van der Waals surface area (Å²) in [6, 6.07) is 13.2. The van der Waals surface area contributed by atoms with Gasteiger partial charge >= 0.3 is 0 Å². The molecule has 1 atom stereocenters. The second-order valence-electron chi connectivity index (χ2n) is 10.1. The summed E-state index contributed by atoms with van der Waals surface area (Å²) in [7, 11) is 0. The summed E-state index contributed by atoms with van der Waals surface area (Å²) >= 11 is 2.63. The molecule has 3 aromatic rings. The minimum Gasteiger partial charge on any atom is -0.506 e. The molecule has 42 heavy (non-hydrogen) atoms. The number of hydrogen-bond donors (Lipinski definition) is 5. The number of nitrogens with zero attached hydrogens (tertiary/aromatic N) is 1. The van der Waals surface area contributed by atoms with Gasteiger partial charge in [0, 0.05) is 24.0 Å². The number of thiophene rings is 1. The summed E-state index contributed by atoms with van der Waals surface area (Å²) in [4.78, 5) is 38.7. The predicted octanol–water partition coefficient (Wildman–Crippen LogP) is 3.88. The molecule has 5 N–H and O–H groups in total. The standard InChI is InChI=1S/C31H32N4O5S2/c1-18(24-17-41-28(27(24)37)23-10-9-20-3-2-4-22(20)15-23)34-35-31(40)26-12-11-25(42-26)30(39)33-16-19-5-7-21(8-6-19)29(38)32-13-14-36/h5-11,15,17,26,36-37H,2-4,12-14,16H2,1H3,(H,32,38)(H,33,39)(H,35,40)/b34-18+. The highest BCUT2D eigenvalue weighted by Gasteiger charge is 2.28. The minimum atomic E-state index is -0.489. The normalized spacial score (nSPS) is 16.1. The van der Waals surface area contributed by atoms with Crippen molar-refractivity contribution in [2.24, 2.45) is 5.10 Å². The Hall–Kier alpha value is -3.93. The molecular formula is C31H32N4O5S2. The quantitative estimate of drug-likeness (QED) is 0.176. The molecule has 0 spiro atoms. The number of amides is 3. The number of aliphatic hydroxyl groups excluding tert-OH is 1. The number of carbonyl (C=O) groups is 3. The van der Waals surface area contributed by atoms with Crippen LogP contribution in [0.2, 0.25) is 0 Å². The van der Waals surface area contributed by atoms with Crippen LogP contribution in [0.25, 0.3) is 10.4 Å². The Morgan fingerprint density at radius 1 is 1.02 bits per heavy atom. The Labute approximate surface area is 252 Å². The molecule has 0 bridgehead atoms. The highest BCUT2D eigenvalue weighted by atomic mass is 32.2. The lowest BCUT2D eigenvalue weighted by molar-refractivity contribution is -0.120. The van der Waals surface area contributed by atoms with Crippen molar-refractivity contribution in [2.45, 2.75) is 44.4 Å². The molecule has 0 saturated carbocycles. The molecule has 1 aliphatic carbocycles. The number of nitrogens with one attached hydrogen (secondary N) is 3. The third-order valence-electron chi connectivity index (χ3n) is 7.22. The van der Waals surface area contributed by atoms with Gasteiger partial charge in [0.25, 0.3) is 17.7 Å². The van der Waals surface area contributed by atoms with Crippen molar-refractivity contribution >= 4 is 46.5 Å². The van der Waals surface area contributed by atoms with Crippen LogP contribution in [-0.2, 0) is 29.0 Å². The van der Waals surface area contributed by atoms with E-state index in [2.05, 4.69) is 33.3 Å². The largest absolute Gasteiger partial charge is 0.506 e. The fourth-order valence-electron chi connectivity index (χ4n) is 4.88. The zero-order valence-corrected chi connectivity index (χ0v) is 24.7. The van der Waals surface area contributed by atoms with E-state index in [0.29, 0.717) is 28.2 Å². The van der Waals surface area contributed by atoms with Gasteiger partial charge in [-0.25, -0.2) is 5.43 Å². The molecule has 1 aliphatic heterocycles. The number of aryl methyl sites for hydroxylation is 2. The van der Waals surface area contributed by atoms with E-state index in [1.165, 1.54) is 34.2 Å². The Kier molecular flexibility index (Phi) is 9.41. The molecule has 2 aliphatic rings. The first kappa shape index (κ1) is 29.6. The molecule has 9 nitrogen and oxygen atoms in total. The van der Waals surface area contributed by atoms with Crippen LogP contribution in [0, 0.1) is 0 Å². The lowest BCUT2D eigenvalue weighted by atomic mass is 10.0. The van der Waals surface area contributed by atoms with Crippen molar-refractivity contribution in [3.63, 3.8) is 0 Å². The number of carbonyl (C=O) groups excluding carboxylic acids is 3. The molecule has 0 radical (unpaired) electrons. The fourth-order valence-corrected chi connectivity index (χ4v) is 6.92. The fraction of sp³-hybridized carbons (Fsp3) is 0.290. The van der Waals surface area contributed by atoms with Crippen LogP contribution < -0.4 is 16.1 Å². The minimum absolute atomic E-state index is 0.129. The summed E-state index contributed by atoms with van der Waals surface area (Å²) in [5.74, 6) is -0.712. The van der Waals surface area contributed by atoms with Crippen LogP contribution >= 0.6 is 23.1 Å². The number of aromatic hydroxyl groups is 1. The third kappa shape index (κ3) is 6.75. The van der Waals surface area contributed by atoms with Gasteiger partial charge in [-0.1, -0.05) is 30.3 Å². The number of hydrazone groups is 1. The summed E-state index contributed by atoms with van der Waals surface area (Å²) in [6.07, 6.45) is 5.47. The Balaban J connectivity index is 1.11. The van der Waals surface area contributed by atoms with E-state index < -0.39 is 5.25 Å². The van der Waals surface area contributed by atoms with Gasteiger partial charge in [-0.2, -0.15) is 5.10 Å². The first-order valence-corrected chi connectivity index (χ1v) is 15.5. The zero-order chi connectivity index (χ0) is 29.6. The summed E-state index contributed by atoms with van der Waals surface area (Å²) in [6.45, 7) is 2.06. The van der Waals surface area contributed by atoms with E-state index in [9.17, 15) is 19.5 Å². The van der Waals surface area contributed by atoms with Crippen molar-refractivity contribution in [3.05, 3.63) is 86.6 Å². The number of fused-ring (bicyclic) bond motifs is 1. The van der Waals surface area contributed by atoms with Crippen LogP contribution in [0.15, 0.2) is 63.9 Å². The maximum atomic E-state index is 12.8. The first-order valence-electron chi connectivity index (χ1n) is 13.7. The zero-order valence-electron chi connectivity index (χ0n) is 23.1. The topological polar surface area (TPSA) is 140 Å². The molecule has 2 heterocycles. The maximum Gasteiger partial charge on any atom is 0.257 e. The van der Waals surface area contributed by atoms with Gasteiger partial charge in [0.1, 0.15) is 5.75 Å². The van der Waals surface area contributed by atoms with Crippen molar-refractivity contribution in [1.29, 1.82) is 0 Å². The van der Waals surface area contributed by atoms with Gasteiger partial charge in [-0.05, 0) is 73.1 Å². The number of thioether (sulfide) groups is 1. The molecule has 11 heteroatoms. The van der Waals surface area contributed by atoms with Crippen LogP contribution in [0.4, 0.5) is 0 Å². The first-order chi connectivity index (χ1) is 20.3. The molecule has 1 unspecified atom stereocenters. The van der Waals surface area contributed by atoms with E-state index in [0.717, 1.165) is 35.3 Å². The SMILES string of the molecule is C/C(=N\NC(=O)C1CC=C(C(=O)NCc2ccc(C(=O)NCCO)cc2)S1)c1csc(-c2ccc3c(c2)CCC3)c1O. The van der Waals surface area contributed by atoms with Crippen molar-refractivity contribution in [1.82, 2.24) is 16.1 Å². The van der Waals surface area contributed by atoms with Gasteiger partial charge in [-0.15, -0.1) is 23.1 Å². The Morgan fingerprint density at radius 3 is 2.60 bits per heavy atom. The molecule has 1 aromatic heterocycles. The van der Waals surface area contributed by atoms with Gasteiger partial charge in [0.05, 0.1) is 32.9 Å². The van der Waals surface area contributed by atoms with Crippen molar-refractivity contribution in [3.8, 4) is 16.2 Å². The Morgan fingerprint density at radius 2 is 1.81 bits per heavy atom. The van der Waals surface area contributed by atoms with E-state index in [1.54, 1.807) is 37.3 Å². The second kappa shape index (κ2) is 13.4. The van der Waals surface area contributed by atoms with Crippen LogP contribution in [0.5, 0.6) is 5.75 Å². The highest BCUT2D eigenvalue weighted by Crippen LogP contribution is 2.40. The van der Waals surface area contributed by atoms with E-state index in [-0.39, 0.29) is 43.2 Å². The van der Waals surface area contributed by atoms with Crippen LogP contribution in [-0.4, -0.2) is 52.0 Å². The van der Waals surface area contributed by atoms with Crippen LogP contribution in [0.1, 0.15) is 52.4 Å². The number of benzene rings is 2. The number of hydrogen-bond acceptors (Lipinski definition) is 8. The van der Waals surface area contributed by atoms with Crippen molar-refractivity contribution in [2.75, 3.05) is 13.2 Å². The van der Waals surface area contributed by atoms with Gasteiger partial charge in [0.2, 0.25) is 0 Å². The molecule has 0 fully saturated rings. The highest BCUT2D eigenvalue weighted by molar-refractivity contribution is 8.05. The molecule has 5 rings (SSSR count). The second-order valence-corrected chi connectivity index (χ2v) is 12.2. The smallest absolute Gasteiger partial charge is 0.257 e. The summed E-state index contributed by atoms with van der Waals surface area (Å²) in [5.41, 5.74) is 8.65. The molecular weight excluding hydrogens is 572 g/mol. The average molecular weight is 605 g/mol. The lowest BCUT2D eigenvalue weighted by Crippen LogP contribution is -2.29. The van der Waals surface area contributed by atoms with E-state index >= 15 is 0 Å². The van der Waals surface area contributed by atoms with Gasteiger partial charge in [-0.3, -0.25) is 14.4 Å². The molecule has 0 saturated heterocycles. The molecule has 218 valence electrons. The number of aliphatic hydroxyl groups is 1. The van der Waals surface area contributed by atoms with E-state index in [4.69, 9.17) is 5.11 Å². The number of allylic oxidation sites excluding steroid dienone is 1. The molecule has 3 amide bonds. The van der Waals surface area contributed by atoms with Crippen molar-refractivity contribution < 1.29 is 24.6 Å². The third-order valence-corrected chi connectivity index (χ3v) is 9.53. The number of rotatable bonds is 10. The van der Waals surface area contributed by atoms with E-state index in [1.807, 2.05) is 11.4 Å². The van der Waals surface area contributed by atoms with Gasteiger partial charge in [0.15, 0.2) is 0 Å². The maximum absolute atomic E-state index is 12.8. The summed E-state index contributed by atoms with van der Waals surface area (Å²) in [5, 5.41) is 30.8. The molecule has 2 aromatic carbocycles. The van der Waals surface area contributed by atoms with Crippen LogP contribution in [0.3, 0.4) is 0 Å².